The van der Waals surface area contributed by atoms with E-state index in [2.05, 4.69) is 48.5 Å². The first-order valence-electron chi connectivity index (χ1n) is 13.3. The SMILES string of the molecule is CO[C@H](C)CC[C@@]1(C)[C@@H](C)CC[C@@H](C)[C@@H]1C[C@H](O)[C@@]1(C)[C@H](C)CC[C@@H]1[C@H](C)CCC(=O)O. The lowest BCUT2D eigenvalue weighted by Crippen LogP contribution is -2.48. The van der Waals surface area contributed by atoms with E-state index in [-0.39, 0.29) is 29.5 Å². The molecule has 0 spiro atoms. The van der Waals surface area contributed by atoms with Crippen molar-refractivity contribution in [2.45, 2.75) is 118 Å². The molecule has 0 aromatic heterocycles. The summed E-state index contributed by atoms with van der Waals surface area (Å²) in [6.45, 7) is 16.3. The number of rotatable bonds is 11. The number of methoxy groups -OCH3 is 1. The Bertz CT molecular complexity index is 606. The highest BCUT2D eigenvalue weighted by Gasteiger charge is 2.53. The summed E-state index contributed by atoms with van der Waals surface area (Å²) in [7, 11) is 1.80. The lowest BCUT2D eigenvalue weighted by molar-refractivity contribution is -0.137. The van der Waals surface area contributed by atoms with Crippen molar-refractivity contribution in [1.29, 1.82) is 0 Å². The number of hydrogen-bond acceptors (Lipinski definition) is 3. The second kappa shape index (κ2) is 11.2. The van der Waals surface area contributed by atoms with Gasteiger partial charge in [-0.3, -0.25) is 4.79 Å². The van der Waals surface area contributed by atoms with Crippen molar-refractivity contribution in [3.05, 3.63) is 0 Å². The molecule has 0 unspecified atom stereocenters. The number of carboxylic acid groups (broad SMARTS) is 1. The van der Waals surface area contributed by atoms with Crippen molar-refractivity contribution in [3.8, 4) is 0 Å². The molecule has 2 aliphatic rings. The zero-order valence-corrected chi connectivity index (χ0v) is 22.2. The normalized spacial score (nSPS) is 40.7. The summed E-state index contributed by atoms with van der Waals surface area (Å²) in [6, 6.07) is 0. The third-order valence-corrected chi connectivity index (χ3v) is 10.7. The summed E-state index contributed by atoms with van der Waals surface area (Å²) >= 11 is 0. The van der Waals surface area contributed by atoms with E-state index < -0.39 is 5.97 Å². The van der Waals surface area contributed by atoms with Crippen LogP contribution >= 0.6 is 0 Å². The molecular weight excluding hydrogens is 400 g/mol. The lowest BCUT2D eigenvalue weighted by Gasteiger charge is -2.53. The molecule has 0 heterocycles. The Morgan fingerprint density at radius 2 is 1.66 bits per heavy atom. The Kier molecular flexibility index (Phi) is 9.68. The van der Waals surface area contributed by atoms with Gasteiger partial charge in [0.2, 0.25) is 0 Å². The van der Waals surface area contributed by atoms with Crippen molar-refractivity contribution in [2.24, 2.45) is 46.3 Å². The molecule has 0 amide bonds. The van der Waals surface area contributed by atoms with E-state index in [4.69, 9.17) is 4.74 Å². The van der Waals surface area contributed by atoms with Crippen LogP contribution in [0.4, 0.5) is 0 Å². The van der Waals surface area contributed by atoms with E-state index in [0.29, 0.717) is 41.9 Å². The number of carbonyl (C=O) groups is 1. The van der Waals surface area contributed by atoms with Crippen molar-refractivity contribution in [1.82, 2.24) is 0 Å². The molecule has 4 heteroatoms. The molecule has 2 N–H and O–H groups in total. The second-order valence-electron chi connectivity index (χ2n) is 12.3. The number of ether oxygens (including phenoxy) is 1. The maximum atomic E-state index is 11.8. The first kappa shape index (κ1) is 27.6. The summed E-state index contributed by atoms with van der Waals surface area (Å²) in [6.07, 6.45) is 8.71. The minimum Gasteiger partial charge on any atom is -0.481 e. The maximum absolute atomic E-state index is 11.8. The zero-order chi connectivity index (χ0) is 24.3. The Balaban J connectivity index is 2.23. The van der Waals surface area contributed by atoms with Crippen LogP contribution in [0.1, 0.15) is 106 Å². The molecule has 2 aliphatic carbocycles. The smallest absolute Gasteiger partial charge is 0.303 e. The topological polar surface area (TPSA) is 66.8 Å². The third kappa shape index (κ3) is 5.71. The zero-order valence-electron chi connectivity index (χ0n) is 22.2. The van der Waals surface area contributed by atoms with Crippen molar-refractivity contribution in [2.75, 3.05) is 7.11 Å². The quantitative estimate of drug-likeness (QED) is 0.362. The first-order valence-corrected chi connectivity index (χ1v) is 13.3. The highest BCUT2D eigenvalue weighted by atomic mass is 16.5. The average molecular weight is 453 g/mol. The van der Waals surface area contributed by atoms with Crippen molar-refractivity contribution >= 4 is 5.97 Å². The van der Waals surface area contributed by atoms with E-state index in [1.807, 2.05) is 0 Å². The van der Waals surface area contributed by atoms with Gasteiger partial charge >= 0.3 is 5.97 Å². The van der Waals surface area contributed by atoms with Gasteiger partial charge in [-0.2, -0.15) is 0 Å². The van der Waals surface area contributed by atoms with E-state index in [0.717, 1.165) is 32.1 Å². The van der Waals surface area contributed by atoms with Crippen LogP contribution in [0, 0.1) is 46.3 Å². The molecule has 10 atom stereocenters. The summed E-state index contributed by atoms with van der Waals surface area (Å²) < 4.78 is 5.57. The van der Waals surface area contributed by atoms with E-state index in [1.165, 1.54) is 12.8 Å². The summed E-state index contributed by atoms with van der Waals surface area (Å²) in [5.74, 6) is 2.24. The van der Waals surface area contributed by atoms with Crippen LogP contribution in [0.2, 0.25) is 0 Å². The highest BCUT2D eigenvalue weighted by molar-refractivity contribution is 5.66. The van der Waals surface area contributed by atoms with Crippen LogP contribution < -0.4 is 0 Å². The van der Waals surface area contributed by atoms with Gasteiger partial charge in [-0.1, -0.05) is 48.0 Å². The molecule has 2 saturated carbocycles. The molecule has 0 radical (unpaired) electrons. The lowest BCUT2D eigenvalue weighted by atomic mass is 9.53. The van der Waals surface area contributed by atoms with Gasteiger partial charge in [0.25, 0.3) is 0 Å². The Morgan fingerprint density at radius 3 is 2.25 bits per heavy atom. The standard InChI is InChI=1S/C28H52O4/c1-18(10-14-26(30)31)23-13-12-21(4)28(23,7)25(29)17-24-19(2)9-11-20(3)27(24,6)16-15-22(5)32-8/h18-25,29H,9-17H2,1-8H3,(H,30,31)/t18-,19-,20+,21-,22-,23-,24+,25+,27+,28+/m1/s1. The number of carboxylic acids is 1. The van der Waals surface area contributed by atoms with E-state index in [9.17, 15) is 15.0 Å². The molecule has 32 heavy (non-hydrogen) atoms. The van der Waals surface area contributed by atoms with Crippen molar-refractivity contribution < 1.29 is 19.7 Å². The third-order valence-electron chi connectivity index (χ3n) is 10.7. The Labute approximate surface area is 197 Å². The number of aliphatic carboxylic acids is 1. The second-order valence-corrected chi connectivity index (χ2v) is 12.3. The first-order chi connectivity index (χ1) is 14.9. The van der Waals surface area contributed by atoms with Crippen LogP contribution in [0.25, 0.3) is 0 Å². The molecule has 0 aromatic rings. The molecule has 2 fully saturated rings. The van der Waals surface area contributed by atoms with Crippen LogP contribution in [-0.4, -0.2) is 35.5 Å². The minimum absolute atomic E-state index is 0.140. The van der Waals surface area contributed by atoms with E-state index >= 15 is 0 Å². The monoisotopic (exact) mass is 452 g/mol. The van der Waals surface area contributed by atoms with Gasteiger partial charge in [0, 0.05) is 13.5 Å². The number of aliphatic hydroxyl groups excluding tert-OH is 1. The molecule has 2 rings (SSSR count). The van der Waals surface area contributed by atoms with Gasteiger partial charge in [-0.25, -0.2) is 0 Å². The van der Waals surface area contributed by atoms with Crippen LogP contribution in [0.3, 0.4) is 0 Å². The predicted molar refractivity (Wildman–Crippen MR) is 132 cm³/mol. The van der Waals surface area contributed by atoms with Gasteiger partial charge in [0.15, 0.2) is 0 Å². The fourth-order valence-corrected chi connectivity index (χ4v) is 7.56. The molecule has 188 valence electrons. The fraction of sp³-hybridized carbons (Fsp3) is 0.964. The molecule has 0 aromatic carbocycles. The van der Waals surface area contributed by atoms with E-state index in [1.54, 1.807) is 7.11 Å². The fourth-order valence-electron chi connectivity index (χ4n) is 7.56. The number of aliphatic hydroxyl groups is 1. The van der Waals surface area contributed by atoms with Gasteiger partial charge in [-0.15, -0.1) is 0 Å². The average Bonchev–Trinajstić information content (AvgIpc) is 3.06. The highest BCUT2D eigenvalue weighted by Crippen LogP contribution is 2.58. The Morgan fingerprint density at radius 1 is 1.03 bits per heavy atom. The molecule has 0 aliphatic heterocycles. The van der Waals surface area contributed by atoms with Crippen LogP contribution in [0.5, 0.6) is 0 Å². The van der Waals surface area contributed by atoms with Gasteiger partial charge in [0.1, 0.15) is 0 Å². The predicted octanol–water partition coefficient (Wildman–Crippen LogP) is 6.79. The van der Waals surface area contributed by atoms with Crippen LogP contribution in [-0.2, 0) is 9.53 Å². The van der Waals surface area contributed by atoms with Crippen molar-refractivity contribution in [3.63, 3.8) is 0 Å². The van der Waals surface area contributed by atoms with Gasteiger partial charge < -0.3 is 14.9 Å². The molecule has 4 nitrogen and oxygen atoms in total. The minimum atomic E-state index is -0.712. The Hall–Kier alpha value is -0.610. The summed E-state index contributed by atoms with van der Waals surface area (Å²) in [5, 5.41) is 21.0. The maximum Gasteiger partial charge on any atom is 0.303 e. The molecule has 0 saturated heterocycles. The summed E-state index contributed by atoms with van der Waals surface area (Å²) in [4.78, 5) is 11.2. The molecule has 0 bridgehead atoms. The van der Waals surface area contributed by atoms with Crippen LogP contribution in [0.15, 0.2) is 0 Å². The summed E-state index contributed by atoms with van der Waals surface area (Å²) in [5.41, 5.74) is 0.0765. The van der Waals surface area contributed by atoms with Gasteiger partial charge in [-0.05, 0) is 98.2 Å². The number of hydrogen-bond donors (Lipinski definition) is 2. The van der Waals surface area contributed by atoms with Gasteiger partial charge in [0.05, 0.1) is 12.2 Å². The molecular formula is C28H52O4. The largest absolute Gasteiger partial charge is 0.481 e.